The van der Waals surface area contributed by atoms with E-state index in [0.29, 0.717) is 11.1 Å². The molecule has 0 radical (unpaired) electrons. The van der Waals surface area contributed by atoms with Gasteiger partial charge in [-0.25, -0.2) is 0 Å². The fraction of sp³-hybridized carbons (Fsp3) is 0.0159. The van der Waals surface area contributed by atoms with E-state index in [9.17, 15) is 9.59 Å². The molecule has 5 nitrogen and oxygen atoms in total. The number of fused-ring (bicyclic) bond motifs is 15. The zero-order valence-corrected chi connectivity index (χ0v) is 36.5. The van der Waals surface area contributed by atoms with Crippen molar-refractivity contribution in [3.63, 3.8) is 0 Å². The molecule has 10 aromatic carbocycles. The third-order valence-corrected chi connectivity index (χ3v) is 14.5. The Hall–Kier alpha value is -9.06. The Morgan fingerprint density at radius 2 is 0.735 bits per heavy atom. The van der Waals surface area contributed by atoms with E-state index in [1.54, 1.807) is 0 Å². The molecule has 1 spiro atoms. The van der Waals surface area contributed by atoms with E-state index in [1.807, 2.05) is 48.5 Å². The van der Waals surface area contributed by atoms with Gasteiger partial charge >= 0.3 is 0 Å². The summed E-state index contributed by atoms with van der Waals surface area (Å²) in [7, 11) is 0. The van der Waals surface area contributed by atoms with E-state index in [-0.39, 0.29) is 0 Å². The topological polar surface area (TPSA) is 75.0 Å². The van der Waals surface area contributed by atoms with Gasteiger partial charge in [0.15, 0.2) is 0 Å². The molecule has 0 amide bonds. The summed E-state index contributed by atoms with van der Waals surface area (Å²) in [5.41, 5.74) is 20.2. The number of carbonyl (C=O) groups excluding carboxylic acids is 2. The molecular formula is C63H38N2O3. The van der Waals surface area contributed by atoms with Crippen molar-refractivity contribution in [3.8, 4) is 67.1 Å². The Labute approximate surface area is 390 Å². The lowest BCUT2D eigenvalue weighted by Crippen LogP contribution is -2.32. The first-order chi connectivity index (χ1) is 33.6. The highest BCUT2D eigenvalue weighted by atomic mass is 16.5. The molecule has 2 aromatic heterocycles. The number of hydrogen-bond donors (Lipinski definition) is 2. The van der Waals surface area contributed by atoms with Crippen LogP contribution in [0.5, 0.6) is 11.5 Å². The van der Waals surface area contributed by atoms with Gasteiger partial charge in [-0.05, 0) is 116 Å². The molecule has 1 aliphatic heterocycles. The van der Waals surface area contributed by atoms with E-state index < -0.39 is 5.41 Å². The smallest absolute Gasteiger partial charge is 0.150 e. The number of hydrogen-bond acceptors (Lipinski definition) is 3. The van der Waals surface area contributed by atoms with E-state index >= 15 is 0 Å². The van der Waals surface area contributed by atoms with Crippen molar-refractivity contribution in [2.75, 3.05) is 0 Å². The molecule has 68 heavy (non-hydrogen) atoms. The van der Waals surface area contributed by atoms with Gasteiger partial charge in [0.1, 0.15) is 24.1 Å². The summed E-state index contributed by atoms with van der Waals surface area (Å²) in [6.07, 6.45) is 1.87. The molecule has 0 saturated heterocycles. The Morgan fingerprint density at radius 3 is 1.19 bits per heavy atom. The standard InChI is InChI=1S/C63H38N2O3/c66-35-37-29-49(61-51(31-37)47-9-1-5-13-57(47)64-61)41-21-17-39(18-22-41)43-25-27-45-46-28-26-44(34-56(46)63(55(45)33-43)53-11-3-7-15-59(53)68-60-16-8-4-12-54(60)63)40-19-23-42(24-20-40)50-30-38(36-67)32-52-48-10-2-6-14-58(48)65-62(50)52/h1-36,64-65H. The van der Waals surface area contributed by atoms with Crippen molar-refractivity contribution in [2.24, 2.45) is 0 Å². The summed E-state index contributed by atoms with van der Waals surface area (Å²) >= 11 is 0. The minimum absolute atomic E-state index is 0.649. The minimum atomic E-state index is -0.672. The maximum atomic E-state index is 12.2. The maximum Gasteiger partial charge on any atom is 0.150 e. The lowest BCUT2D eigenvalue weighted by Gasteiger charge is -2.39. The van der Waals surface area contributed by atoms with Crippen LogP contribution in [-0.4, -0.2) is 22.5 Å². The largest absolute Gasteiger partial charge is 0.457 e. The number of aldehydes is 2. The summed E-state index contributed by atoms with van der Waals surface area (Å²) in [6, 6.07) is 72.7. The van der Waals surface area contributed by atoms with Gasteiger partial charge in [-0.3, -0.25) is 9.59 Å². The van der Waals surface area contributed by atoms with Gasteiger partial charge in [-0.1, -0.05) is 146 Å². The molecule has 14 rings (SSSR count). The van der Waals surface area contributed by atoms with E-state index in [1.165, 1.54) is 22.3 Å². The highest BCUT2D eigenvalue weighted by Gasteiger charge is 2.51. The second-order valence-electron chi connectivity index (χ2n) is 18.1. The zero-order chi connectivity index (χ0) is 45.1. The first-order valence-corrected chi connectivity index (χ1v) is 22.9. The number of carbonyl (C=O) groups is 2. The lowest BCUT2D eigenvalue weighted by atomic mass is 9.65. The number of rotatable bonds is 6. The van der Waals surface area contributed by atoms with E-state index in [4.69, 9.17) is 4.74 Å². The first kappa shape index (κ1) is 38.2. The third-order valence-electron chi connectivity index (χ3n) is 14.5. The molecule has 5 heteroatoms. The van der Waals surface area contributed by atoms with Gasteiger partial charge in [0.2, 0.25) is 0 Å². The summed E-state index contributed by atoms with van der Waals surface area (Å²) in [5, 5.41) is 4.28. The lowest BCUT2D eigenvalue weighted by molar-refractivity contribution is 0.111. The Bertz CT molecular complexity index is 3830. The summed E-state index contributed by atoms with van der Waals surface area (Å²) in [4.78, 5) is 31.6. The monoisotopic (exact) mass is 870 g/mol. The van der Waals surface area contributed by atoms with Crippen LogP contribution in [0.3, 0.4) is 0 Å². The predicted molar refractivity (Wildman–Crippen MR) is 275 cm³/mol. The predicted octanol–water partition coefficient (Wildman–Crippen LogP) is 15.7. The van der Waals surface area contributed by atoms with Gasteiger partial charge in [-0.15, -0.1) is 0 Å². The summed E-state index contributed by atoms with van der Waals surface area (Å²) in [6.45, 7) is 0. The maximum absolute atomic E-state index is 12.2. The van der Waals surface area contributed by atoms with Crippen LogP contribution in [0, 0.1) is 0 Å². The van der Waals surface area contributed by atoms with Crippen molar-refractivity contribution in [1.82, 2.24) is 9.97 Å². The van der Waals surface area contributed by atoms with Crippen molar-refractivity contribution in [2.45, 2.75) is 5.41 Å². The van der Waals surface area contributed by atoms with Crippen LogP contribution in [-0.2, 0) is 5.41 Å². The van der Waals surface area contributed by atoms with Gasteiger partial charge in [0.05, 0.1) is 16.4 Å². The van der Waals surface area contributed by atoms with Crippen LogP contribution in [0.2, 0.25) is 0 Å². The van der Waals surface area contributed by atoms with Crippen molar-refractivity contribution in [3.05, 3.63) is 240 Å². The number of aromatic amines is 2. The number of H-pyrrole nitrogens is 2. The molecule has 1 aliphatic carbocycles. The molecule has 0 saturated carbocycles. The number of aromatic nitrogens is 2. The van der Waals surface area contributed by atoms with Crippen molar-refractivity contribution in [1.29, 1.82) is 0 Å². The molecule has 3 heterocycles. The van der Waals surface area contributed by atoms with Crippen molar-refractivity contribution >= 4 is 56.2 Å². The normalized spacial score (nSPS) is 13.1. The Balaban J connectivity index is 0.904. The molecule has 0 unspecified atom stereocenters. The number of ether oxygens (including phenoxy) is 1. The zero-order valence-electron chi connectivity index (χ0n) is 36.5. The summed E-state index contributed by atoms with van der Waals surface area (Å²) < 4.78 is 6.72. The van der Waals surface area contributed by atoms with Crippen LogP contribution in [0.15, 0.2) is 206 Å². The second kappa shape index (κ2) is 14.5. The number of nitrogens with one attached hydrogen (secondary N) is 2. The van der Waals surface area contributed by atoms with Crippen LogP contribution in [0.1, 0.15) is 43.0 Å². The quantitative estimate of drug-likeness (QED) is 0.163. The average molecular weight is 871 g/mol. The van der Waals surface area contributed by atoms with Crippen LogP contribution in [0.25, 0.3) is 99.2 Å². The van der Waals surface area contributed by atoms with Crippen LogP contribution >= 0.6 is 0 Å². The van der Waals surface area contributed by atoms with Gasteiger partial charge < -0.3 is 14.7 Å². The molecule has 2 N–H and O–H groups in total. The Kier molecular flexibility index (Phi) is 8.14. The molecular weight excluding hydrogens is 833 g/mol. The SMILES string of the molecule is O=Cc1cc(-c2ccc(-c3ccc4c(c3)C3(c5ccccc5Oc5ccccc53)c3cc(-c5ccc(-c6cc(C=O)cc7c6[nH]c6ccccc67)cc5)ccc3-4)cc2)c2[nH]c3ccccc3c2c1. The van der Waals surface area contributed by atoms with Gasteiger partial charge in [0, 0.05) is 66.0 Å². The third kappa shape index (κ3) is 5.44. The molecule has 12 aromatic rings. The highest BCUT2D eigenvalue weighted by Crippen LogP contribution is 2.63. The second-order valence-corrected chi connectivity index (χ2v) is 18.1. The number of para-hydroxylation sites is 4. The Morgan fingerprint density at radius 1 is 0.338 bits per heavy atom. The molecule has 0 fully saturated rings. The molecule has 0 bridgehead atoms. The first-order valence-electron chi connectivity index (χ1n) is 22.9. The highest BCUT2D eigenvalue weighted by molar-refractivity contribution is 6.14. The van der Waals surface area contributed by atoms with Gasteiger partial charge in [-0.2, -0.15) is 0 Å². The van der Waals surface area contributed by atoms with Gasteiger partial charge in [0.25, 0.3) is 0 Å². The van der Waals surface area contributed by atoms with E-state index in [2.05, 4.69) is 168 Å². The summed E-state index contributed by atoms with van der Waals surface area (Å²) in [5.74, 6) is 1.69. The fourth-order valence-electron chi connectivity index (χ4n) is 11.5. The van der Waals surface area contributed by atoms with Crippen LogP contribution < -0.4 is 4.74 Å². The van der Waals surface area contributed by atoms with Crippen molar-refractivity contribution < 1.29 is 14.3 Å². The molecule has 318 valence electrons. The fourth-order valence-corrected chi connectivity index (χ4v) is 11.5. The molecule has 2 aliphatic rings. The van der Waals surface area contributed by atoms with E-state index in [0.717, 1.165) is 123 Å². The average Bonchev–Trinajstić information content (AvgIpc) is 4.06. The number of benzene rings is 10. The molecule has 0 atom stereocenters. The minimum Gasteiger partial charge on any atom is -0.457 e. The van der Waals surface area contributed by atoms with Crippen LogP contribution in [0.4, 0.5) is 0 Å².